The molecule has 0 heterocycles. The highest BCUT2D eigenvalue weighted by molar-refractivity contribution is 9.10. The van der Waals surface area contributed by atoms with Crippen LogP contribution in [0.3, 0.4) is 0 Å². The Morgan fingerprint density at radius 1 is 1.10 bits per heavy atom. The number of halogens is 4. The van der Waals surface area contributed by atoms with Crippen molar-refractivity contribution in [3.63, 3.8) is 0 Å². The molecule has 0 aliphatic carbocycles. The summed E-state index contributed by atoms with van der Waals surface area (Å²) in [5.74, 6) is 0.851. The van der Waals surface area contributed by atoms with Gasteiger partial charge >= 0.3 is 0 Å². The van der Waals surface area contributed by atoms with E-state index in [9.17, 15) is 0 Å². The van der Waals surface area contributed by atoms with Gasteiger partial charge in [-0.3, -0.25) is 0 Å². The smallest absolute Gasteiger partial charge is 0.124 e. The van der Waals surface area contributed by atoms with E-state index in [2.05, 4.69) is 31.9 Å². The summed E-state index contributed by atoms with van der Waals surface area (Å²) in [5, 5.41) is 1.09. The van der Waals surface area contributed by atoms with Gasteiger partial charge < -0.3 is 4.74 Å². The molecule has 2 aromatic carbocycles. The van der Waals surface area contributed by atoms with Crippen LogP contribution in [0.25, 0.3) is 0 Å². The Morgan fingerprint density at radius 2 is 1.85 bits per heavy atom. The highest BCUT2D eigenvalue weighted by atomic mass is 79.9. The SMILES string of the molecule is CCOc1ccc(Br)cc1C(Br)c1ccc(Cl)c(Cl)c1. The van der Waals surface area contributed by atoms with Gasteiger partial charge in [0.1, 0.15) is 5.75 Å². The monoisotopic (exact) mass is 436 g/mol. The van der Waals surface area contributed by atoms with E-state index in [-0.39, 0.29) is 4.83 Å². The van der Waals surface area contributed by atoms with Crippen LogP contribution in [0.15, 0.2) is 40.9 Å². The predicted molar refractivity (Wildman–Crippen MR) is 92.5 cm³/mol. The first-order valence-electron chi connectivity index (χ1n) is 6.04. The van der Waals surface area contributed by atoms with E-state index in [0.717, 1.165) is 21.3 Å². The lowest BCUT2D eigenvalue weighted by Crippen LogP contribution is -2.00. The second-order valence-corrected chi connectivity index (χ2v) is 6.80. The molecule has 2 rings (SSSR count). The van der Waals surface area contributed by atoms with Crippen molar-refractivity contribution in [2.45, 2.75) is 11.8 Å². The van der Waals surface area contributed by atoms with E-state index in [0.29, 0.717) is 16.7 Å². The molecule has 20 heavy (non-hydrogen) atoms. The van der Waals surface area contributed by atoms with Crippen molar-refractivity contribution < 1.29 is 4.74 Å². The van der Waals surface area contributed by atoms with Gasteiger partial charge in [-0.15, -0.1) is 0 Å². The third kappa shape index (κ3) is 3.70. The molecule has 0 N–H and O–H groups in total. The van der Waals surface area contributed by atoms with Gasteiger partial charge in [0, 0.05) is 10.0 Å². The largest absolute Gasteiger partial charge is 0.494 e. The number of hydrogen-bond donors (Lipinski definition) is 0. The quantitative estimate of drug-likeness (QED) is 0.486. The normalized spacial score (nSPS) is 12.2. The lowest BCUT2D eigenvalue weighted by molar-refractivity contribution is 0.337. The molecule has 0 spiro atoms. The van der Waals surface area contributed by atoms with E-state index >= 15 is 0 Å². The van der Waals surface area contributed by atoms with Gasteiger partial charge in [0.25, 0.3) is 0 Å². The second kappa shape index (κ2) is 7.17. The van der Waals surface area contributed by atoms with E-state index < -0.39 is 0 Å². The molecule has 0 saturated carbocycles. The zero-order valence-electron chi connectivity index (χ0n) is 10.7. The molecule has 0 amide bonds. The molecule has 106 valence electrons. The summed E-state index contributed by atoms with van der Waals surface area (Å²) < 4.78 is 6.68. The van der Waals surface area contributed by atoms with Gasteiger partial charge in [-0.1, -0.05) is 61.1 Å². The van der Waals surface area contributed by atoms with Crippen LogP contribution in [-0.2, 0) is 0 Å². The summed E-state index contributed by atoms with van der Waals surface area (Å²) in [6.07, 6.45) is 0. The Kier molecular flexibility index (Phi) is 5.79. The number of benzene rings is 2. The molecule has 2 aromatic rings. The van der Waals surface area contributed by atoms with Crippen LogP contribution in [0.5, 0.6) is 5.75 Å². The predicted octanol–water partition coefficient (Wildman–Crippen LogP) is 6.64. The molecule has 0 saturated heterocycles. The third-order valence-electron chi connectivity index (χ3n) is 2.78. The van der Waals surface area contributed by atoms with Crippen molar-refractivity contribution in [3.05, 3.63) is 62.0 Å². The fourth-order valence-electron chi connectivity index (χ4n) is 1.85. The molecule has 5 heteroatoms. The minimum absolute atomic E-state index is 0.0173. The molecule has 1 atom stereocenters. The lowest BCUT2D eigenvalue weighted by Gasteiger charge is -2.16. The first-order valence-corrected chi connectivity index (χ1v) is 8.50. The average Bonchev–Trinajstić information content (AvgIpc) is 2.43. The minimum Gasteiger partial charge on any atom is -0.494 e. The van der Waals surface area contributed by atoms with Gasteiger partial charge in [-0.25, -0.2) is 0 Å². The summed E-state index contributed by atoms with van der Waals surface area (Å²) in [6, 6.07) is 11.6. The van der Waals surface area contributed by atoms with Crippen LogP contribution < -0.4 is 4.74 Å². The van der Waals surface area contributed by atoms with Crippen molar-refractivity contribution in [1.82, 2.24) is 0 Å². The third-order valence-corrected chi connectivity index (χ3v) is 5.04. The van der Waals surface area contributed by atoms with Crippen LogP contribution in [0.1, 0.15) is 22.9 Å². The Morgan fingerprint density at radius 3 is 2.50 bits per heavy atom. The molecule has 1 nitrogen and oxygen atoms in total. The summed E-state index contributed by atoms with van der Waals surface area (Å²) in [7, 11) is 0. The van der Waals surface area contributed by atoms with Crippen LogP contribution in [0.4, 0.5) is 0 Å². The van der Waals surface area contributed by atoms with E-state index in [1.807, 2.05) is 37.3 Å². The fourth-order valence-corrected chi connectivity index (χ4v) is 3.18. The topological polar surface area (TPSA) is 9.23 Å². The van der Waals surface area contributed by atoms with Gasteiger partial charge in [0.05, 0.1) is 21.5 Å². The van der Waals surface area contributed by atoms with Gasteiger partial charge in [-0.05, 0) is 42.8 Å². The van der Waals surface area contributed by atoms with Gasteiger partial charge in [0.2, 0.25) is 0 Å². The van der Waals surface area contributed by atoms with Gasteiger partial charge in [-0.2, -0.15) is 0 Å². The van der Waals surface area contributed by atoms with Crippen molar-refractivity contribution in [1.29, 1.82) is 0 Å². The maximum absolute atomic E-state index is 6.08. The molecule has 0 aromatic heterocycles. The summed E-state index contributed by atoms with van der Waals surface area (Å²) >= 11 is 19.2. The molecule has 0 bridgehead atoms. The summed E-state index contributed by atoms with van der Waals surface area (Å²) in [5.41, 5.74) is 2.07. The molecule has 0 aliphatic rings. The first-order chi connectivity index (χ1) is 9.52. The summed E-state index contributed by atoms with van der Waals surface area (Å²) in [4.78, 5) is -0.0173. The number of hydrogen-bond acceptors (Lipinski definition) is 1. The molecule has 0 aliphatic heterocycles. The van der Waals surface area contributed by atoms with E-state index in [1.54, 1.807) is 6.07 Å². The zero-order chi connectivity index (χ0) is 14.7. The minimum atomic E-state index is -0.0173. The van der Waals surface area contributed by atoms with Crippen molar-refractivity contribution in [2.75, 3.05) is 6.61 Å². The zero-order valence-corrected chi connectivity index (χ0v) is 15.4. The molecular formula is C15H12Br2Cl2O. The maximum Gasteiger partial charge on any atom is 0.124 e. The Labute approximate surface area is 145 Å². The fraction of sp³-hybridized carbons (Fsp3) is 0.200. The average molecular weight is 439 g/mol. The highest BCUT2D eigenvalue weighted by Gasteiger charge is 2.17. The Bertz CT molecular complexity index is 617. The number of ether oxygens (including phenoxy) is 1. The first kappa shape index (κ1) is 16.2. The number of rotatable bonds is 4. The van der Waals surface area contributed by atoms with Crippen LogP contribution in [0, 0.1) is 0 Å². The molecule has 1 unspecified atom stereocenters. The Balaban J connectivity index is 2.43. The van der Waals surface area contributed by atoms with Crippen LogP contribution in [0.2, 0.25) is 10.0 Å². The van der Waals surface area contributed by atoms with Crippen molar-refractivity contribution in [3.8, 4) is 5.75 Å². The van der Waals surface area contributed by atoms with Crippen LogP contribution in [-0.4, -0.2) is 6.61 Å². The molecular weight excluding hydrogens is 427 g/mol. The second-order valence-electron chi connectivity index (χ2n) is 4.15. The lowest BCUT2D eigenvalue weighted by atomic mass is 10.0. The molecule has 0 fully saturated rings. The maximum atomic E-state index is 6.08. The standard InChI is InChI=1S/C15H12Br2Cl2O/c1-2-20-14-6-4-10(16)8-11(14)15(17)9-3-5-12(18)13(19)7-9/h3-8,15H,2H2,1H3. The van der Waals surface area contributed by atoms with E-state index in [1.165, 1.54) is 0 Å². The number of alkyl halides is 1. The van der Waals surface area contributed by atoms with Gasteiger partial charge in [0.15, 0.2) is 0 Å². The van der Waals surface area contributed by atoms with Crippen molar-refractivity contribution >= 4 is 55.1 Å². The van der Waals surface area contributed by atoms with Crippen LogP contribution >= 0.6 is 55.1 Å². The molecule has 0 radical (unpaired) electrons. The summed E-state index contributed by atoms with van der Waals surface area (Å²) in [6.45, 7) is 2.59. The Hall–Kier alpha value is -0.220. The van der Waals surface area contributed by atoms with Crippen molar-refractivity contribution in [2.24, 2.45) is 0 Å². The highest BCUT2D eigenvalue weighted by Crippen LogP contribution is 2.39. The van der Waals surface area contributed by atoms with E-state index in [4.69, 9.17) is 27.9 Å².